The van der Waals surface area contributed by atoms with Crippen molar-refractivity contribution in [3.05, 3.63) is 35.4 Å². The summed E-state index contributed by atoms with van der Waals surface area (Å²) in [7, 11) is 0. The van der Waals surface area contributed by atoms with Gasteiger partial charge in [-0.25, -0.2) is 0 Å². The highest BCUT2D eigenvalue weighted by atomic mass is 16.6. The van der Waals surface area contributed by atoms with Crippen molar-refractivity contribution in [2.75, 3.05) is 26.4 Å². The van der Waals surface area contributed by atoms with Gasteiger partial charge in [-0.3, -0.25) is 0 Å². The van der Waals surface area contributed by atoms with Crippen LogP contribution in [0, 0.1) is 0 Å². The Labute approximate surface area is 294 Å². The van der Waals surface area contributed by atoms with E-state index in [-0.39, 0.29) is 6.10 Å². The summed E-state index contributed by atoms with van der Waals surface area (Å²) in [6.45, 7) is 8.57. The summed E-state index contributed by atoms with van der Waals surface area (Å²) in [6.07, 6.45) is 38.6. The molecule has 0 fully saturated rings. The van der Waals surface area contributed by atoms with Crippen molar-refractivity contribution < 1.29 is 14.2 Å². The molecule has 0 spiro atoms. The fourth-order valence-electron chi connectivity index (χ4n) is 6.46. The van der Waals surface area contributed by atoms with E-state index < -0.39 is 0 Å². The molecule has 1 aromatic rings. The van der Waals surface area contributed by atoms with Crippen molar-refractivity contribution in [3.8, 4) is 0 Å². The molecule has 0 saturated carbocycles. The fraction of sp³-hybridized carbons (Fsp3) is 0.860. The van der Waals surface area contributed by atoms with Gasteiger partial charge in [0.25, 0.3) is 0 Å². The van der Waals surface area contributed by atoms with Crippen LogP contribution in [-0.2, 0) is 27.4 Å². The van der Waals surface area contributed by atoms with Crippen LogP contribution in [0.15, 0.2) is 24.3 Å². The Balaban J connectivity index is 2.10. The summed E-state index contributed by atoms with van der Waals surface area (Å²) in [6, 6.07) is 8.37. The normalized spacial score (nSPS) is 12.2. The SMILES string of the molecule is CCCCCCCCCCCCCCCCOCC(COCc1cccc(CN)c1)OCCCCCCCCCCCCCCCC. The van der Waals surface area contributed by atoms with Crippen molar-refractivity contribution in [2.24, 2.45) is 5.73 Å². The highest BCUT2D eigenvalue weighted by Gasteiger charge is 2.11. The Morgan fingerprint density at radius 1 is 0.468 bits per heavy atom. The third kappa shape index (κ3) is 30.8. The lowest BCUT2D eigenvalue weighted by Crippen LogP contribution is -2.26. The molecular formula is C43H81NO3. The first kappa shape index (κ1) is 44.1. The van der Waals surface area contributed by atoms with Crippen molar-refractivity contribution in [2.45, 2.75) is 213 Å². The smallest absolute Gasteiger partial charge is 0.104 e. The van der Waals surface area contributed by atoms with Crippen molar-refractivity contribution in [3.63, 3.8) is 0 Å². The molecule has 0 heterocycles. The summed E-state index contributed by atoms with van der Waals surface area (Å²) >= 11 is 0. The zero-order valence-corrected chi connectivity index (χ0v) is 31.7. The van der Waals surface area contributed by atoms with Crippen LogP contribution in [-0.4, -0.2) is 32.5 Å². The third-order valence-electron chi connectivity index (χ3n) is 9.60. The van der Waals surface area contributed by atoms with Crippen LogP contribution in [0.2, 0.25) is 0 Å². The van der Waals surface area contributed by atoms with Crippen LogP contribution in [0.4, 0.5) is 0 Å². The molecule has 0 bridgehead atoms. The topological polar surface area (TPSA) is 53.7 Å². The quantitative estimate of drug-likeness (QED) is 0.0718. The van der Waals surface area contributed by atoms with Gasteiger partial charge in [-0.15, -0.1) is 0 Å². The van der Waals surface area contributed by atoms with Gasteiger partial charge >= 0.3 is 0 Å². The molecule has 1 rings (SSSR count). The molecule has 0 aliphatic heterocycles. The zero-order valence-electron chi connectivity index (χ0n) is 31.7. The van der Waals surface area contributed by atoms with Gasteiger partial charge in [-0.2, -0.15) is 0 Å². The first-order valence-corrected chi connectivity index (χ1v) is 20.8. The van der Waals surface area contributed by atoms with Crippen LogP contribution in [0.3, 0.4) is 0 Å². The zero-order chi connectivity index (χ0) is 33.7. The van der Waals surface area contributed by atoms with E-state index in [2.05, 4.69) is 38.1 Å². The van der Waals surface area contributed by atoms with E-state index in [0.29, 0.717) is 26.4 Å². The summed E-state index contributed by atoms with van der Waals surface area (Å²) < 4.78 is 18.5. The minimum atomic E-state index is 0.00121. The Kier molecular flexibility index (Phi) is 34.1. The number of nitrogens with two attached hydrogens (primary N) is 1. The number of hydrogen-bond donors (Lipinski definition) is 1. The fourth-order valence-corrected chi connectivity index (χ4v) is 6.46. The first-order chi connectivity index (χ1) is 23.3. The van der Waals surface area contributed by atoms with Gasteiger partial charge in [-0.1, -0.05) is 205 Å². The van der Waals surface area contributed by atoms with E-state index in [4.69, 9.17) is 19.9 Å². The second-order valence-electron chi connectivity index (χ2n) is 14.3. The Hall–Kier alpha value is -0.940. The maximum absolute atomic E-state index is 6.29. The molecule has 0 aliphatic rings. The van der Waals surface area contributed by atoms with E-state index in [9.17, 15) is 0 Å². The second-order valence-corrected chi connectivity index (χ2v) is 14.3. The number of unbranched alkanes of at least 4 members (excludes halogenated alkanes) is 26. The average Bonchev–Trinajstić information content (AvgIpc) is 3.09. The van der Waals surface area contributed by atoms with Crippen molar-refractivity contribution in [1.29, 1.82) is 0 Å². The van der Waals surface area contributed by atoms with E-state index in [1.54, 1.807) is 0 Å². The van der Waals surface area contributed by atoms with Crippen LogP contribution in [0.5, 0.6) is 0 Å². The van der Waals surface area contributed by atoms with Gasteiger partial charge in [0.15, 0.2) is 0 Å². The first-order valence-electron chi connectivity index (χ1n) is 20.8. The van der Waals surface area contributed by atoms with Crippen LogP contribution < -0.4 is 5.73 Å². The van der Waals surface area contributed by atoms with Gasteiger partial charge in [0.1, 0.15) is 6.10 Å². The van der Waals surface area contributed by atoms with E-state index >= 15 is 0 Å². The summed E-state index contributed by atoms with van der Waals surface area (Å²) in [5.74, 6) is 0. The monoisotopic (exact) mass is 660 g/mol. The van der Waals surface area contributed by atoms with Gasteiger partial charge < -0.3 is 19.9 Å². The predicted octanol–water partition coefficient (Wildman–Crippen LogP) is 13.0. The average molecular weight is 660 g/mol. The minimum Gasteiger partial charge on any atom is -0.379 e. The van der Waals surface area contributed by atoms with Gasteiger partial charge in [0.2, 0.25) is 0 Å². The minimum absolute atomic E-state index is 0.00121. The molecule has 1 atom stereocenters. The lowest BCUT2D eigenvalue weighted by Gasteiger charge is -2.19. The maximum Gasteiger partial charge on any atom is 0.104 e. The number of rotatable bonds is 38. The molecule has 4 nitrogen and oxygen atoms in total. The lowest BCUT2D eigenvalue weighted by molar-refractivity contribution is -0.0645. The molecule has 0 amide bonds. The molecule has 47 heavy (non-hydrogen) atoms. The molecule has 2 N–H and O–H groups in total. The van der Waals surface area contributed by atoms with E-state index in [0.717, 1.165) is 31.6 Å². The standard InChI is InChI=1S/C43H81NO3/c1-3-5-7-9-11-13-15-17-19-21-23-25-27-29-34-45-39-43(40-46-38-42-33-31-32-41(36-42)37-44)47-35-30-28-26-24-22-20-18-16-14-12-10-8-6-4-2/h31-33,36,43H,3-30,34-35,37-40,44H2,1-2H3. The molecule has 0 radical (unpaired) electrons. The van der Waals surface area contributed by atoms with Gasteiger partial charge in [0, 0.05) is 19.8 Å². The molecule has 4 heteroatoms. The Bertz CT molecular complexity index is 741. The highest BCUT2D eigenvalue weighted by molar-refractivity contribution is 5.22. The largest absolute Gasteiger partial charge is 0.379 e. The molecule has 276 valence electrons. The molecule has 1 unspecified atom stereocenters. The van der Waals surface area contributed by atoms with E-state index in [1.165, 1.54) is 173 Å². The van der Waals surface area contributed by atoms with Crippen molar-refractivity contribution in [1.82, 2.24) is 0 Å². The highest BCUT2D eigenvalue weighted by Crippen LogP contribution is 2.15. The number of ether oxygens (including phenoxy) is 3. The molecule has 0 saturated heterocycles. The molecular weight excluding hydrogens is 578 g/mol. The van der Waals surface area contributed by atoms with Crippen LogP contribution >= 0.6 is 0 Å². The Morgan fingerprint density at radius 3 is 1.30 bits per heavy atom. The van der Waals surface area contributed by atoms with E-state index in [1.807, 2.05) is 0 Å². The van der Waals surface area contributed by atoms with Crippen LogP contribution in [0.1, 0.15) is 205 Å². The molecule has 0 aromatic heterocycles. The van der Waals surface area contributed by atoms with Crippen molar-refractivity contribution >= 4 is 0 Å². The summed E-state index contributed by atoms with van der Waals surface area (Å²) in [4.78, 5) is 0. The summed E-state index contributed by atoms with van der Waals surface area (Å²) in [5.41, 5.74) is 8.13. The lowest BCUT2D eigenvalue weighted by atomic mass is 10.0. The number of benzene rings is 1. The molecule has 0 aliphatic carbocycles. The predicted molar refractivity (Wildman–Crippen MR) is 205 cm³/mol. The molecule has 1 aromatic carbocycles. The van der Waals surface area contributed by atoms with Gasteiger partial charge in [0.05, 0.1) is 19.8 Å². The van der Waals surface area contributed by atoms with Gasteiger partial charge in [-0.05, 0) is 24.0 Å². The second kappa shape index (κ2) is 36.3. The Morgan fingerprint density at radius 2 is 0.851 bits per heavy atom. The summed E-state index contributed by atoms with van der Waals surface area (Å²) in [5, 5.41) is 0. The van der Waals surface area contributed by atoms with Crippen LogP contribution in [0.25, 0.3) is 0 Å². The number of hydrogen-bond acceptors (Lipinski definition) is 4. The maximum atomic E-state index is 6.29. The third-order valence-corrected chi connectivity index (χ3v) is 9.60.